The van der Waals surface area contributed by atoms with Crippen molar-refractivity contribution in [1.82, 2.24) is 4.90 Å². The molecule has 19 heavy (non-hydrogen) atoms. The van der Waals surface area contributed by atoms with Gasteiger partial charge in [0.25, 0.3) is 0 Å². The number of hydrogen-bond acceptors (Lipinski definition) is 3. The molecule has 104 valence electrons. The van der Waals surface area contributed by atoms with Gasteiger partial charge in [-0.1, -0.05) is 29.8 Å². The molecule has 0 aromatic heterocycles. The van der Waals surface area contributed by atoms with E-state index in [0.717, 1.165) is 18.4 Å². The minimum Gasteiger partial charge on any atom is -0.441 e. The van der Waals surface area contributed by atoms with Crippen LogP contribution in [0.1, 0.15) is 25.3 Å². The van der Waals surface area contributed by atoms with E-state index in [-0.39, 0.29) is 6.09 Å². The van der Waals surface area contributed by atoms with E-state index < -0.39 is 5.60 Å². The molecule has 1 aromatic rings. The molecular weight excluding hydrogens is 264 g/mol. The van der Waals surface area contributed by atoms with Crippen LogP contribution in [0.3, 0.4) is 0 Å². The van der Waals surface area contributed by atoms with Crippen LogP contribution in [-0.2, 0) is 11.3 Å². The van der Waals surface area contributed by atoms with Crippen molar-refractivity contribution in [3.05, 3.63) is 34.9 Å². The number of rotatable bonds is 5. The summed E-state index contributed by atoms with van der Waals surface area (Å²) in [5.41, 5.74) is 6.01. The molecule has 0 aliphatic carbocycles. The highest BCUT2D eigenvalue weighted by Crippen LogP contribution is 2.29. The van der Waals surface area contributed by atoms with Crippen molar-refractivity contribution < 1.29 is 9.53 Å². The van der Waals surface area contributed by atoms with Gasteiger partial charge in [-0.15, -0.1) is 0 Å². The molecule has 0 bridgehead atoms. The fourth-order valence-corrected chi connectivity index (χ4v) is 2.53. The third-order valence-electron chi connectivity index (χ3n) is 3.35. The minimum atomic E-state index is -0.433. The van der Waals surface area contributed by atoms with Gasteiger partial charge in [0, 0.05) is 5.02 Å². The Morgan fingerprint density at radius 3 is 2.89 bits per heavy atom. The average Bonchev–Trinajstić information content (AvgIpc) is 2.65. The van der Waals surface area contributed by atoms with E-state index in [1.54, 1.807) is 4.90 Å². The predicted octanol–water partition coefficient (Wildman–Crippen LogP) is 2.79. The molecule has 1 saturated heterocycles. The molecular formula is C14H19ClN2O2. The average molecular weight is 283 g/mol. The van der Waals surface area contributed by atoms with Crippen molar-refractivity contribution in [1.29, 1.82) is 0 Å². The monoisotopic (exact) mass is 282 g/mol. The Hall–Kier alpha value is -1.26. The normalized spacial score (nSPS) is 22.7. The van der Waals surface area contributed by atoms with Crippen LogP contribution in [0.25, 0.3) is 0 Å². The van der Waals surface area contributed by atoms with Crippen LogP contribution in [0.5, 0.6) is 0 Å². The van der Waals surface area contributed by atoms with E-state index >= 15 is 0 Å². The zero-order chi connectivity index (χ0) is 13.9. The Balaban J connectivity index is 2.03. The maximum Gasteiger partial charge on any atom is 0.410 e. The molecule has 2 rings (SSSR count). The molecule has 5 heteroatoms. The molecule has 0 spiro atoms. The third kappa shape index (κ3) is 3.39. The molecule has 2 N–H and O–H groups in total. The number of benzene rings is 1. The highest BCUT2D eigenvalue weighted by molar-refractivity contribution is 6.31. The molecule has 1 heterocycles. The van der Waals surface area contributed by atoms with Crippen molar-refractivity contribution in [2.24, 2.45) is 5.73 Å². The summed E-state index contributed by atoms with van der Waals surface area (Å²) in [5.74, 6) is 0. The van der Waals surface area contributed by atoms with Crippen molar-refractivity contribution in [3.63, 3.8) is 0 Å². The van der Waals surface area contributed by atoms with E-state index in [1.807, 2.05) is 31.2 Å². The zero-order valence-corrected chi connectivity index (χ0v) is 11.8. The number of hydrogen-bond donors (Lipinski definition) is 1. The fraction of sp³-hybridized carbons (Fsp3) is 0.500. The molecule has 0 radical (unpaired) electrons. The molecule has 1 fully saturated rings. The van der Waals surface area contributed by atoms with Gasteiger partial charge in [0.05, 0.1) is 13.1 Å². The Labute approximate surface area is 118 Å². The van der Waals surface area contributed by atoms with Crippen molar-refractivity contribution >= 4 is 17.7 Å². The van der Waals surface area contributed by atoms with E-state index in [1.165, 1.54) is 0 Å². The van der Waals surface area contributed by atoms with E-state index in [9.17, 15) is 4.79 Å². The molecule has 1 aliphatic rings. The predicted molar refractivity (Wildman–Crippen MR) is 75.0 cm³/mol. The largest absolute Gasteiger partial charge is 0.441 e. The SMILES string of the molecule is CC1(CCCN)CN(Cc2ccccc2Cl)C(=O)O1. The van der Waals surface area contributed by atoms with Gasteiger partial charge in [0.1, 0.15) is 5.60 Å². The number of carbonyl (C=O) groups is 1. The first kappa shape index (κ1) is 14.2. The first-order valence-electron chi connectivity index (χ1n) is 6.45. The van der Waals surface area contributed by atoms with Gasteiger partial charge < -0.3 is 10.5 Å². The van der Waals surface area contributed by atoms with Gasteiger partial charge in [-0.3, -0.25) is 4.90 Å². The topological polar surface area (TPSA) is 55.6 Å². The quantitative estimate of drug-likeness (QED) is 0.903. The van der Waals surface area contributed by atoms with Crippen molar-refractivity contribution in [2.45, 2.75) is 31.9 Å². The Bertz CT molecular complexity index is 467. The van der Waals surface area contributed by atoms with Crippen LogP contribution >= 0.6 is 11.6 Å². The molecule has 1 unspecified atom stereocenters. The van der Waals surface area contributed by atoms with Crippen LogP contribution in [0.15, 0.2) is 24.3 Å². The summed E-state index contributed by atoms with van der Waals surface area (Å²) in [4.78, 5) is 13.6. The fourth-order valence-electron chi connectivity index (χ4n) is 2.33. The van der Waals surface area contributed by atoms with Gasteiger partial charge in [-0.25, -0.2) is 4.79 Å². The number of halogens is 1. The second-order valence-corrected chi connectivity index (χ2v) is 5.56. The van der Waals surface area contributed by atoms with Crippen LogP contribution in [0.4, 0.5) is 4.79 Å². The van der Waals surface area contributed by atoms with Crippen LogP contribution in [0, 0.1) is 0 Å². The molecule has 1 aliphatic heterocycles. The summed E-state index contributed by atoms with van der Waals surface area (Å²) in [7, 11) is 0. The Morgan fingerprint density at radius 2 is 2.21 bits per heavy atom. The number of cyclic esters (lactones) is 1. The lowest BCUT2D eigenvalue weighted by Crippen LogP contribution is -2.31. The number of ether oxygens (including phenoxy) is 1. The van der Waals surface area contributed by atoms with Crippen LogP contribution in [0.2, 0.25) is 5.02 Å². The first-order valence-corrected chi connectivity index (χ1v) is 6.83. The Kier molecular flexibility index (Phi) is 4.32. The van der Waals surface area contributed by atoms with Crippen LogP contribution < -0.4 is 5.73 Å². The molecule has 1 aromatic carbocycles. The molecule has 4 nitrogen and oxygen atoms in total. The number of amides is 1. The highest BCUT2D eigenvalue weighted by atomic mass is 35.5. The smallest absolute Gasteiger partial charge is 0.410 e. The lowest BCUT2D eigenvalue weighted by atomic mass is 10.00. The first-order chi connectivity index (χ1) is 9.04. The number of nitrogens with two attached hydrogens (primary N) is 1. The number of nitrogens with zero attached hydrogens (tertiary/aromatic N) is 1. The lowest BCUT2D eigenvalue weighted by molar-refractivity contribution is 0.0638. The van der Waals surface area contributed by atoms with E-state index in [4.69, 9.17) is 22.1 Å². The maximum atomic E-state index is 11.9. The summed E-state index contributed by atoms with van der Waals surface area (Å²) in [5, 5.41) is 0.672. The maximum absolute atomic E-state index is 11.9. The molecule has 0 saturated carbocycles. The third-order valence-corrected chi connectivity index (χ3v) is 3.71. The van der Waals surface area contributed by atoms with E-state index in [0.29, 0.717) is 24.7 Å². The van der Waals surface area contributed by atoms with Gasteiger partial charge in [0.15, 0.2) is 0 Å². The summed E-state index contributed by atoms with van der Waals surface area (Å²) < 4.78 is 5.46. The lowest BCUT2D eigenvalue weighted by Gasteiger charge is -2.21. The van der Waals surface area contributed by atoms with Gasteiger partial charge >= 0.3 is 6.09 Å². The van der Waals surface area contributed by atoms with Crippen LogP contribution in [-0.4, -0.2) is 29.7 Å². The summed E-state index contributed by atoms with van der Waals surface area (Å²) in [6, 6.07) is 7.53. The Morgan fingerprint density at radius 1 is 1.47 bits per heavy atom. The zero-order valence-electron chi connectivity index (χ0n) is 11.1. The standard InChI is InChI=1S/C14H19ClN2O2/c1-14(7-4-8-16)10-17(13(18)19-14)9-11-5-2-3-6-12(11)15/h2-3,5-6H,4,7-10,16H2,1H3. The molecule has 1 amide bonds. The minimum absolute atomic E-state index is 0.278. The van der Waals surface area contributed by atoms with Crippen molar-refractivity contribution in [3.8, 4) is 0 Å². The highest BCUT2D eigenvalue weighted by Gasteiger charge is 2.40. The van der Waals surface area contributed by atoms with Gasteiger partial charge in [-0.05, 0) is 37.9 Å². The summed E-state index contributed by atoms with van der Waals surface area (Å²) >= 11 is 6.11. The van der Waals surface area contributed by atoms with Crippen molar-refractivity contribution in [2.75, 3.05) is 13.1 Å². The van der Waals surface area contributed by atoms with Gasteiger partial charge in [-0.2, -0.15) is 0 Å². The number of carbonyl (C=O) groups excluding carboxylic acids is 1. The van der Waals surface area contributed by atoms with Gasteiger partial charge in [0.2, 0.25) is 0 Å². The van der Waals surface area contributed by atoms with E-state index in [2.05, 4.69) is 0 Å². The molecule has 1 atom stereocenters. The second-order valence-electron chi connectivity index (χ2n) is 5.16. The summed E-state index contributed by atoms with van der Waals surface area (Å²) in [6.07, 6.45) is 1.36. The second kappa shape index (κ2) is 5.80. The summed E-state index contributed by atoms with van der Waals surface area (Å²) in [6.45, 7) is 3.62.